The highest BCUT2D eigenvalue weighted by atomic mass is 79.9. The Morgan fingerprint density at radius 3 is 2.37 bits per heavy atom. The van der Waals surface area contributed by atoms with Gasteiger partial charge in [-0.25, -0.2) is 0 Å². The zero-order valence-electron chi connectivity index (χ0n) is 24.7. The molecule has 0 radical (unpaired) electrons. The van der Waals surface area contributed by atoms with E-state index in [1.807, 2.05) is 24.3 Å². The molecule has 2 heterocycles. The number of ether oxygens (including phenoxy) is 4. The molecule has 2 aromatic carbocycles. The predicted molar refractivity (Wildman–Crippen MR) is 168 cm³/mol. The van der Waals surface area contributed by atoms with E-state index in [1.54, 1.807) is 42.4 Å². The fraction of sp³-hybridized carbons (Fsp3) is 0.484. The molecule has 0 N–H and O–H groups in total. The molecule has 0 saturated carbocycles. The van der Waals surface area contributed by atoms with E-state index in [0.717, 1.165) is 47.5 Å². The molecule has 10 heteroatoms. The molecule has 0 fully saturated rings. The molecule has 41 heavy (non-hydrogen) atoms. The van der Waals surface area contributed by atoms with E-state index in [-0.39, 0.29) is 18.5 Å². The summed E-state index contributed by atoms with van der Waals surface area (Å²) in [4.78, 5) is 31.3. The molecule has 8 nitrogen and oxygen atoms in total. The van der Waals surface area contributed by atoms with Gasteiger partial charge >= 0.3 is 0 Å². The van der Waals surface area contributed by atoms with Crippen LogP contribution in [0.5, 0.6) is 17.2 Å². The Morgan fingerprint density at radius 2 is 1.71 bits per heavy atom. The number of anilines is 1. The third-order valence-corrected chi connectivity index (χ3v) is 9.61. The van der Waals surface area contributed by atoms with Gasteiger partial charge in [-0.3, -0.25) is 14.5 Å². The number of nitrogens with zero attached hydrogens (tertiary/aromatic N) is 2. The summed E-state index contributed by atoms with van der Waals surface area (Å²) in [5.41, 5.74) is 2.72. The zero-order valence-corrected chi connectivity index (χ0v) is 27.3. The van der Waals surface area contributed by atoms with Crippen molar-refractivity contribution in [3.05, 3.63) is 53.7 Å². The number of carbonyl (C=O) groups is 2. The minimum atomic E-state index is -1.32. The minimum absolute atomic E-state index is 0.0584. The number of fused-ring (bicyclic) bond motifs is 2. The highest BCUT2D eigenvalue weighted by molar-refractivity contribution is 9.09. The third kappa shape index (κ3) is 7.53. The molecule has 0 unspecified atom stereocenters. The Hall–Kier alpha value is -2.82. The van der Waals surface area contributed by atoms with E-state index in [0.29, 0.717) is 42.4 Å². The van der Waals surface area contributed by atoms with E-state index in [9.17, 15) is 9.59 Å². The predicted octanol–water partition coefficient (Wildman–Crippen LogP) is 6.56. The number of methoxy groups -OCH3 is 2. The molecule has 2 aliphatic rings. The number of alkyl halides is 1. The van der Waals surface area contributed by atoms with Gasteiger partial charge in [0, 0.05) is 38.7 Å². The van der Waals surface area contributed by atoms with Gasteiger partial charge < -0.3 is 23.8 Å². The van der Waals surface area contributed by atoms with E-state index in [2.05, 4.69) is 35.6 Å². The summed E-state index contributed by atoms with van der Waals surface area (Å²) in [6.45, 7) is 8.00. The Kier molecular flexibility index (Phi) is 10.5. The topological polar surface area (TPSA) is 77.5 Å². The van der Waals surface area contributed by atoms with Crippen LogP contribution < -0.4 is 19.1 Å². The second-order valence-corrected chi connectivity index (χ2v) is 18.0. The second-order valence-electron chi connectivity index (χ2n) is 11.5. The van der Waals surface area contributed by atoms with Gasteiger partial charge in [-0.1, -0.05) is 47.7 Å². The quantitative estimate of drug-likeness (QED) is 0.132. The summed E-state index contributed by atoms with van der Waals surface area (Å²) in [5, 5.41) is 0.957. The van der Waals surface area contributed by atoms with Crippen molar-refractivity contribution in [2.24, 2.45) is 0 Å². The summed E-state index contributed by atoms with van der Waals surface area (Å²) in [7, 11) is 1.86. The number of carbonyl (C=O) groups excluding carboxylic acids is 2. The van der Waals surface area contributed by atoms with Gasteiger partial charge in [0.05, 0.1) is 32.1 Å². The van der Waals surface area contributed by atoms with Gasteiger partial charge in [0.1, 0.15) is 18.5 Å². The van der Waals surface area contributed by atoms with Crippen molar-refractivity contribution in [3.63, 3.8) is 0 Å². The fourth-order valence-corrected chi connectivity index (χ4v) is 6.05. The molecule has 1 atom stereocenters. The third-order valence-electron chi connectivity index (χ3n) is 7.35. The Bertz CT molecular complexity index is 1260. The van der Waals surface area contributed by atoms with Crippen LogP contribution in [0.3, 0.4) is 0 Å². The van der Waals surface area contributed by atoms with E-state index in [4.69, 9.17) is 18.9 Å². The molecular weight excluding hydrogens is 604 g/mol. The lowest BCUT2D eigenvalue weighted by Gasteiger charge is -2.26. The molecule has 0 spiro atoms. The maximum absolute atomic E-state index is 14.1. The van der Waals surface area contributed by atoms with Crippen LogP contribution in [0, 0.1) is 0 Å². The lowest BCUT2D eigenvalue weighted by atomic mass is 10.0. The number of rotatable bonds is 14. The van der Waals surface area contributed by atoms with Gasteiger partial charge in [0.15, 0.2) is 11.5 Å². The van der Waals surface area contributed by atoms with Crippen LogP contribution in [0.1, 0.15) is 41.6 Å². The maximum Gasteiger partial charge on any atom is 0.260 e. The minimum Gasteiger partial charge on any atom is -0.497 e. The van der Waals surface area contributed by atoms with Crippen LogP contribution in [0.4, 0.5) is 5.69 Å². The first kappa shape index (κ1) is 31.1. The number of hydrogen-bond donors (Lipinski definition) is 0. The molecule has 0 saturated heterocycles. The van der Waals surface area contributed by atoms with Crippen LogP contribution in [0.2, 0.25) is 25.7 Å². The molecule has 2 aromatic rings. The van der Waals surface area contributed by atoms with Gasteiger partial charge in [0.2, 0.25) is 0 Å². The van der Waals surface area contributed by atoms with Crippen molar-refractivity contribution in [1.29, 1.82) is 0 Å². The zero-order chi connectivity index (χ0) is 29.6. The molecule has 2 aliphatic heterocycles. The molecule has 2 amide bonds. The van der Waals surface area contributed by atoms with Crippen molar-refractivity contribution in [2.75, 3.05) is 44.4 Å². The van der Waals surface area contributed by atoms with Crippen LogP contribution in [-0.2, 0) is 9.53 Å². The first-order valence-corrected chi connectivity index (χ1v) is 19.0. The molecule has 0 aliphatic carbocycles. The lowest BCUT2D eigenvalue weighted by Crippen LogP contribution is -2.45. The molecular formula is C31H41BrN2O6Si. The number of halogens is 1. The normalized spacial score (nSPS) is 16.7. The van der Waals surface area contributed by atoms with Crippen molar-refractivity contribution < 1.29 is 28.5 Å². The van der Waals surface area contributed by atoms with Crippen molar-refractivity contribution in [1.82, 2.24) is 4.90 Å². The van der Waals surface area contributed by atoms with Gasteiger partial charge in [-0.2, -0.15) is 0 Å². The summed E-state index contributed by atoms with van der Waals surface area (Å²) in [6, 6.07) is 11.4. The highest BCUT2D eigenvalue weighted by Crippen LogP contribution is 2.42. The first-order valence-electron chi connectivity index (χ1n) is 14.1. The second kappa shape index (κ2) is 13.9. The van der Waals surface area contributed by atoms with Crippen LogP contribution in [-0.4, -0.2) is 70.3 Å². The summed E-state index contributed by atoms with van der Waals surface area (Å²) in [5.74, 6) is 1.28. The SMILES string of the molecule is COc1ccc(C2=CN3C(=O)c4cc(OC)c(OCCCCCBr)cc4N(COCC[Si](C)(C)C)C(=O)[C@@H]3C2)cc1. The van der Waals surface area contributed by atoms with Crippen molar-refractivity contribution in [2.45, 2.75) is 57.4 Å². The summed E-state index contributed by atoms with van der Waals surface area (Å²) >= 11 is 3.46. The van der Waals surface area contributed by atoms with Gasteiger partial charge in [0.25, 0.3) is 11.8 Å². The lowest BCUT2D eigenvalue weighted by molar-refractivity contribution is -0.122. The Labute approximate surface area is 252 Å². The first-order chi connectivity index (χ1) is 19.7. The number of hydrogen-bond acceptors (Lipinski definition) is 6. The van der Waals surface area contributed by atoms with Crippen LogP contribution >= 0.6 is 15.9 Å². The van der Waals surface area contributed by atoms with E-state index in [1.165, 1.54) is 0 Å². The van der Waals surface area contributed by atoms with Gasteiger partial charge in [-0.05, 0) is 54.6 Å². The number of amides is 2. The molecule has 4 rings (SSSR count). The monoisotopic (exact) mass is 644 g/mol. The Morgan fingerprint density at radius 1 is 0.951 bits per heavy atom. The maximum atomic E-state index is 14.1. The van der Waals surface area contributed by atoms with Crippen LogP contribution in [0.25, 0.3) is 5.57 Å². The van der Waals surface area contributed by atoms with Crippen LogP contribution in [0.15, 0.2) is 42.6 Å². The highest BCUT2D eigenvalue weighted by Gasteiger charge is 2.43. The molecule has 0 aromatic heterocycles. The fourth-order valence-electron chi connectivity index (χ4n) is 4.90. The average Bonchev–Trinajstić information content (AvgIpc) is 3.38. The molecule has 0 bridgehead atoms. The van der Waals surface area contributed by atoms with Crippen molar-refractivity contribution >= 4 is 47.1 Å². The number of benzene rings is 2. The summed E-state index contributed by atoms with van der Waals surface area (Å²) < 4.78 is 23.1. The van der Waals surface area contributed by atoms with Crippen molar-refractivity contribution in [3.8, 4) is 17.2 Å². The standard InChI is InChI=1S/C31H41BrN2O6Si/c1-37-24-11-9-22(10-12-24)23-17-27-31(36)34(21-39-15-16-41(3,4)5)26-19-29(40-14-8-6-7-13-32)28(38-2)18-25(26)30(35)33(27)20-23/h9-12,18-20,27H,6-8,13-17,21H2,1-5H3/t27-/m0/s1. The Balaban J connectivity index is 1.68. The average molecular weight is 646 g/mol. The smallest absolute Gasteiger partial charge is 0.260 e. The largest absolute Gasteiger partial charge is 0.497 e. The summed E-state index contributed by atoms with van der Waals surface area (Å²) in [6.07, 6.45) is 5.20. The number of unbranched alkanes of at least 4 members (excludes halogenated alkanes) is 2. The molecule has 222 valence electrons. The van der Waals surface area contributed by atoms with E-state index < -0.39 is 14.1 Å². The van der Waals surface area contributed by atoms with Gasteiger partial charge in [-0.15, -0.1) is 0 Å². The van der Waals surface area contributed by atoms with E-state index >= 15 is 0 Å².